The number of hydrogen-bond acceptors (Lipinski definition) is 3. The number of aromatic nitrogens is 1. The van der Waals surface area contributed by atoms with Crippen molar-refractivity contribution in [2.75, 3.05) is 11.9 Å². The predicted molar refractivity (Wildman–Crippen MR) is 82.0 cm³/mol. The van der Waals surface area contributed by atoms with Gasteiger partial charge in [0.25, 0.3) is 5.91 Å². The molecule has 0 atom stereocenters. The molecule has 2 N–H and O–H groups in total. The number of pyridine rings is 1. The van der Waals surface area contributed by atoms with Gasteiger partial charge in [0, 0.05) is 35.6 Å². The molecule has 0 radical (unpaired) electrons. The highest BCUT2D eigenvalue weighted by atomic mass is 16.2. The van der Waals surface area contributed by atoms with Crippen LogP contribution in [0.1, 0.15) is 27.9 Å². The summed E-state index contributed by atoms with van der Waals surface area (Å²) >= 11 is 0. The zero-order valence-corrected chi connectivity index (χ0v) is 11.8. The molecule has 2 rings (SSSR count). The van der Waals surface area contributed by atoms with Crippen molar-refractivity contribution in [1.82, 2.24) is 4.98 Å². The van der Waals surface area contributed by atoms with Crippen molar-refractivity contribution >= 4 is 11.6 Å². The van der Waals surface area contributed by atoms with E-state index in [1.807, 2.05) is 13.0 Å². The maximum atomic E-state index is 12.3. The third-order valence-electron chi connectivity index (χ3n) is 2.98. The first-order chi connectivity index (χ1) is 10.2. The normalized spacial score (nSPS) is 9.62. The molecule has 1 aromatic heterocycles. The van der Waals surface area contributed by atoms with Crippen molar-refractivity contribution in [3.63, 3.8) is 0 Å². The molecule has 0 saturated carbocycles. The lowest BCUT2D eigenvalue weighted by Crippen LogP contribution is -2.13. The van der Waals surface area contributed by atoms with E-state index in [2.05, 4.69) is 22.1 Å². The average Bonchev–Trinajstić information content (AvgIpc) is 2.50. The van der Waals surface area contributed by atoms with Gasteiger partial charge in [0.15, 0.2) is 0 Å². The van der Waals surface area contributed by atoms with Crippen LogP contribution >= 0.6 is 0 Å². The fourth-order valence-corrected chi connectivity index (χ4v) is 1.86. The van der Waals surface area contributed by atoms with E-state index in [0.717, 1.165) is 11.1 Å². The second kappa shape index (κ2) is 7.22. The lowest BCUT2D eigenvalue weighted by Gasteiger charge is -2.08. The van der Waals surface area contributed by atoms with Gasteiger partial charge >= 0.3 is 0 Å². The van der Waals surface area contributed by atoms with E-state index in [1.165, 1.54) is 0 Å². The molecule has 0 spiro atoms. The van der Waals surface area contributed by atoms with Crippen LogP contribution in [0, 0.1) is 18.8 Å². The van der Waals surface area contributed by atoms with Crippen LogP contribution in [0.4, 0.5) is 5.69 Å². The molecular weight excluding hydrogens is 264 g/mol. The molecule has 0 fully saturated rings. The fraction of sp³-hybridized carbons (Fsp3) is 0.176. The Kier molecular flexibility index (Phi) is 5.08. The van der Waals surface area contributed by atoms with Gasteiger partial charge in [-0.2, -0.15) is 0 Å². The van der Waals surface area contributed by atoms with Gasteiger partial charge in [-0.05, 0) is 36.8 Å². The Hall–Kier alpha value is -2.64. The van der Waals surface area contributed by atoms with Gasteiger partial charge in [-0.1, -0.05) is 17.9 Å². The van der Waals surface area contributed by atoms with Crippen LogP contribution in [-0.4, -0.2) is 22.6 Å². The number of rotatable bonds is 3. The van der Waals surface area contributed by atoms with Crippen molar-refractivity contribution in [2.24, 2.45) is 0 Å². The summed E-state index contributed by atoms with van der Waals surface area (Å²) in [6.07, 6.45) is 3.67. The highest BCUT2D eigenvalue weighted by Gasteiger charge is 2.10. The summed E-state index contributed by atoms with van der Waals surface area (Å²) in [6.45, 7) is 1.90. The Morgan fingerprint density at radius 2 is 2.05 bits per heavy atom. The van der Waals surface area contributed by atoms with Crippen molar-refractivity contribution in [3.05, 3.63) is 59.4 Å². The summed E-state index contributed by atoms with van der Waals surface area (Å²) < 4.78 is 0. The zero-order valence-electron chi connectivity index (χ0n) is 11.8. The Morgan fingerprint density at radius 3 is 2.76 bits per heavy atom. The van der Waals surface area contributed by atoms with E-state index in [1.54, 1.807) is 36.7 Å². The molecule has 2 aromatic rings. The van der Waals surface area contributed by atoms with Gasteiger partial charge in [0.05, 0.1) is 6.61 Å². The van der Waals surface area contributed by atoms with E-state index in [4.69, 9.17) is 5.11 Å². The molecule has 0 aliphatic heterocycles. The number of nitrogens with one attached hydrogen (secondary N) is 1. The van der Waals surface area contributed by atoms with Gasteiger partial charge in [-0.3, -0.25) is 9.78 Å². The third-order valence-corrected chi connectivity index (χ3v) is 2.98. The van der Waals surface area contributed by atoms with Gasteiger partial charge in [0.1, 0.15) is 0 Å². The molecule has 1 heterocycles. The van der Waals surface area contributed by atoms with Gasteiger partial charge < -0.3 is 10.4 Å². The molecular formula is C17H16N2O2. The Balaban J connectivity index is 2.22. The fourth-order valence-electron chi connectivity index (χ4n) is 1.86. The lowest BCUT2D eigenvalue weighted by molar-refractivity contribution is 0.102. The molecule has 0 bridgehead atoms. The summed E-state index contributed by atoms with van der Waals surface area (Å²) in [5, 5.41) is 11.6. The highest BCUT2D eigenvalue weighted by molar-refractivity contribution is 6.05. The van der Waals surface area contributed by atoms with E-state index < -0.39 is 0 Å². The van der Waals surface area contributed by atoms with Crippen LogP contribution in [0.25, 0.3) is 0 Å². The number of aliphatic hydroxyl groups excluding tert-OH is 1. The van der Waals surface area contributed by atoms with Gasteiger partial charge in [-0.25, -0.2) is 0 Å². The van der Waals surface area contributed by atoms with Gasteiger partial charge in [-0.15, -0.1) is 0 Å². The SMILES string of the molecule is Cc1c(C#CCCO)cccc1C(=O)Nc1ccncc1. The smallest absolute Gasteiger partial charge is 0.255 e. The summed E-state index contributed by atoms with van der Waals surface area (Å²) in [7, 11) is 0. The molecule has 1 aromatic carbocycles. The van der Waals surface area contributed by atoms with Crippen LogP contribution in [0.3, 0.4) is 0 Å². The molecule has 0 aliphatic rings. The first-order valence-corrected chi connectivity index (χ1v) is 6.63. The number of hydrogen-bond donors (Lipinski definition) is 2. The van der Waals surface area contributed by atoms with E-state index in [9.17, 15) is 4.79 Å². The third kappa shape index (κ3) is 3.91. The van der Waals surface area contributed by atoms with Crippen LogP contribution in [0.15, 0.2) is 42.7 Å². The predicted octanol–water partition coefficient (Wildman–Crippen LogP) is 2.38. The summed E-state index contributed by atoms with van der Waals surface area (Å²) in [6, 6.07) is 8.90. The number of anilines is 1. The molecule has 0 saturated heterocycles. The molecule has 4 nitrogen and oxygen atoms in total. The Morgan fingerprint density at radius 1 is 1.29 bits per heavy atom. The quantitative estimate of drug-likeness (QED) is 0.849. The standard InChI is InChI=1S/C17H16N2O2/c1-13-14(5-2-3-12-20)6-4-7-16(13)17(21)19-15-8-10-18-11-9-15/h4,6-11,20H,3,12H2,1H3,(H,18,19,21). The van der Waals surface area contributed by atoms with E-state index in [-0.39, 0.29) is 12.5 Å². The first-order valence-electron chi connectivity index (χ1n) is 6.63. The number of amides is 1. The van der Waals surface area contributed by atoms with E-state index in [0.29, 0.717) is 17.7 Å². The molecule has 1 amide bonds. The number of aliphatic hydroxyl groups is 1. The maximum absolute atomic E-state index is 12.3. The molecule has 4 heteroatoms. The van der Waals surface area contributed by atoms with Crippen LogP contribution in [0.2, 0.25) is 0 Å². The highest BCUT2D eigenvalue weighted by Crippen LogP contribution is 2.15. The van der Waals surface area contributed by atoms with E-state index >= 15 is 0 Å². The number of benzene rings is 1. The van der Waals surface area contributed by atoms with Gasteiger partial charge in [0.2, 0.25) is 0 Å². The van der Waals surface area contributed by atoms with Crippen LogP contribution in [0.5, 0.6) is 0 Å². The van der Waals surface area contributed by atoms with Crippen molar-refractivity contribution in [2.45, 2.75) is 13.3 Å². The molecule has 0 aliphatic carbocycles. The minimum atomic E-state index is -0.176. The lowest BCUT2D eigenvalue weighted by atomic mass is 10.0. The topological polar surface area (TPSA) is 62.2 Å². The Labute approximate surface area is 123 Å². The van der Waals surface area contributed by atoms with Crippen LogP contribution in [-0.2, 0) is 0 Å². The first kappa shape index (κ1) is 14.8. The molecule has 106 valence electrons. The summed E-state index contributed by atoms with van der Waals surface area (Å²) in [5.41, 5.74) is 2.91. The number of carbonyl (C=O) groups excluding carboxylic acids is 1. The number of carbonyl (C=O) groups is 1. The average molecular weight is 280 g/mol. The van der Waals surface area contributed by atoms with Crippen molar-refractivity contribution < 1.29 is 9.90 Å². The molecule has 0 unspecified atom stereocenters. The maximum Gasteiger partial charge on any atom is 0.255 e. The van der Waals surface area contributed by atoms with Crippen molar-refractivity contribution in [3.8, 4) is 11.8 Å². The monoisotopic (exact) mass is 280 g/mol. The largest absolute Gasteiger partial charge is 0.395 e. The van der Waals surface area contributed by atoms with Crippen LogP contribution < -0.4 is 5.32 Å². The summed E-state index contributed by atoms with van der Waals surface area (Å²) in [4.78, 5) is 16.2. The number of nitrogens with zero attached hydrogens (tertiary/aromatic N) is 1. The Bertz CT molecular complexity index is 685. The second-order valence-electron chi connectivity index (χ2n) is 4.44. The second-order valence-corrected chi connectivity index (χ2v) is 4.44. The van der Waals surface area contributed by atoms with Crippen molar-refractivity contribution in [1.29, 1.82) is 0 Å². The minimum absolute atomic E-state index is 0.0360. The zero-order chi connectivity index (χ0) is 15.1. The minimum Gasteiger partial charge on any atom is -0.395 e. The summed E-state index contributed by atoms with van der Waals surface area (Å²) in [5.74, 6) is 5.66. The molecule has 21 heavy (non-hydrogen) atoms.